The first-order chi connectivity index (χ1) is 12.7. The van der Waals surface area contributed by atoms with Gasteiger partial charge in [-0.1, -0.05) is 18.2 Å². The van der Waals surface area contributed by atoms with Gasteiger partial charge in [-0.25, -0.2) is 4.68 Å². The molecule has 1 aliphatic heterocycles. The molecule has 1 aliphatic rings. The average Bonchev–Trinajstić information content (AvgIpc) is 3.04. The third-order valence-corrected chi connectivity index (χ3v) is 4.77. The number of benzene rings is 1. The van der Waals surface area contributed by atoms with Crippen molar-refractivity contribution in [1.29, 1.82) is 0 Å². The number of hydrogen-bond donors (Lipinski definition) is 1. The first-order valence-electron chi connectivity index (χ1n) is 8.54. The van der Waals surface area contributed by atoms with Gasteiger partial charge < -0.3 is 10.1 Å². The van der Waals surface area contributed by atoms with Crippen LogP contribution >= 0.6 is 0 Å². The van der Waals surface area contributed by atoms with E-state index in [1.54, 1.807) is 13.3 Å². The summed E-state index contributed by atoms with van der Waals surface area (Å²) in [5, 5.41) is 7.49. The smallest absolute Gasteiger partial charge is 0.226 e. The highest BCUT2D eigenvalue weighted by Crippen LogP contribution is 2.38. The van der Waals surface area contributed by atoms with Crippen molar-refractivity contribution in [2.24, 2.45) is 0 Å². The van der Waals surface area contributed by atoms with Crippen molar-refractivity contribution in [3.63, 3.8) is 0 Å². The normalized spacial score (nSPS) is 16.1. The summed E-state index contributed by atoms with van der Waals surface area (Å²) in [6.45, 7) is 2.58. The fraction of sp³-hybridized carbons (Fsp3) is 0.250. The fourth-order valence-electron chi connectivity index (χ4n) is 3.47. The molecular weight excluding hydrogens is 328 g/mol. The molecule has 6 nitrogen and oxygen atoms in total. The number of nitrogens with zero attached hydrogens (tertiary/aromatic N) is 3. The molecule has 1 N–H and O–H groups in total. The number of hydrogen-bond acceptors (Lipinski definition) is 4. The lowest BCUT2D eigenvalue weighted by atomic mass is 9.86. The number of pyridine rings is 1. The summed E-state index contributed by atoms with van der Waals surface area (Å²) < 4.78 is 7.17. The minimum atomic E-state index is -0.00833. The Bertz CT molecular complexity index is 950. The van der Waals surface area contributed by atoms with E-state index in [1.807, 2.05) is 48.3 Å². The van der Waals surface area contributed by atoms with Crippen LogP contribution in [0.2, 0.25) is 0 Å². The first-order valence-corrected chi connectivity index (χ1v) is 8.54. The number of methoxy groups -OCH3 is 1. The third-order valence-electron chi connectivity index (χ3n) is 4.77. The number of carbonyl (C=O) groups excluding carboxylic acids is 1. The van der Waals surface area contributed by atoms with Crippen molar-refractivity contribution in [2.75, 3.05) is 12.4 Å². The monoisotopic (exact) mass is 348 g/mol. The number of ether oxygens (including phenoxy) is 1. The van der Waals surface area contributed by atoms with Crippen LogP contribution in [0.5, 0.6) is 5.75 Å². The van der Waals surface area contributed by atoms with Crippen molar-refractivity contribution in [2.45, 2.75) is 25.8 Å². The van der Waals surface area contributed by atoms with Crippen LogP contribution in [0.15, 0.2) is 48.9 Å². The van der Waals surface area contributed by atoms with Crippen LogP contribution < -0.4 is 10.1 Å². The largest absolute Gasteiger partial charge is 0.496 e. The maximum absolute atomic E-state index is 12.3. The Hall–Kier alpha value is -3.15. The standard InChI is InChI=1S/C20H20N4O2/c1-13-8-15(5-6-18(13)26-2)16-9-19(25)23-20-17(16)11-22-24(20)12-14-4-3-7-21-10-14/h3-8,10-11,16H,9,12H2,1-2H3,(H,23,25). The molecule has 0 saturated heterocycles. The molecule has 2 aromatic heterocycles. The molecule has 0 saturated carbocycles. The van der Waals surface area contributed by atoms with Crippen LogP contribution in [-0.2, 0) is 11.3 Å². The zero-order chi connectivity index (χ0) is 18.1. The fourth-order valence-corrected chi connectivity index (χ4v) is 3.47. The number of fused-ring (bicyclic) bond motifs is 1. The van der Waals surface area contributed by atoms with E-state index in [0.29, 0.717) is 13.0 Å². The topological polar surface area (TPSA) is 69.0 Å². The highest BCUT2D eigenvalue weighted by atomic mass is 16.5. The van der Waals surface area contributed by atoms with Gasteiger partial charge >= 0.3 is 0 Å². The summed E-state index contributed by atoms with van der Waals surface area (Å²) in [6, 6.07) is 9.96. The van der Waals surface area contributed by atoms with Crippen LogP contribution in [0, 0.1) is 6.92 Å². The lowest BCUT2D eigenvalue weighted by Crippen LogP contribution is -2.25. The molecule has 0 fully saturated rings. The molecule has 0 aliphatic carbocycles. The molecule has 3 aromatic rings. The van der Waals surface area contributed by atoms with Gasteiger partial charge in [-0.2, -0.15) is 5.10 Å². The Kier molecular flexibility index (Phi) is 4.16. The second-order valence-electron chi connectivity index (χ2n) is 6.50. The van der Waals surface area contributed by atoms with Crippen LogP contribution in [0.25, 0.3) is 0 Å². The predicted molar refractivity (Wildman–Crippen MR) is 98.4 cm³/mol. The molecule has 1 atom stereocenters. The van der Waals surface area contributed by atoms with Gasteiger partial charge in [0.15, 0.2) is 0 Å². The Balaban J connectivity index is 1.70. The average molecular weight is 348 g/mol. The van der Waals surface area contributed by atoms with Crippen molar-refractivity contribution >= 4 is 11.7 Å². The van der Waals surface area contributed by atoms with Gasteiger partial charge in [0.2, 0.25) is 5.91 Å². The predicted octanol–water partition coefficient (Wildman–Crippen LogP) is 3.12. The lowest BCUT2D eigenvalue weighted by molar-refractivity contribution is -0.116. The van der Waals surface area contributed by atoms with E-state index in [4.69, 9.17) is 4.74 Å². The first kappa shape index (κ1) is 16.3. The van der Waals surface area contributed by atoms with Gasteiger partial charge in [-0.3, -0.25) is 9.78 Å². The minimum Gasteiger partial charge on any atom is -0.496 e. The molecular formula is C20H20N4O2. The number of aromatic nitrogens is 3. The van der Waals surface area contributed by atoms with Crippen LogP contribution in [-0.4, -0.2) is 27.8 Å². The molecule has 3 heterocycles. The summed E-state index contributed by atoms with van der Waals surface area (Å²) >= 11 is 0. The van der Waals surface area contributed by atoms with E-state index in [-0.39, 0.29) is 11.8 Å². The molecule has 1 aromatic carbocycles. The molecule has 0 radical (unpaired) electrons. The summed E-state index contributed by atoms with van der Waals surface area (Å²) in [7, 11) is 1.66. The molecule has 4 rings (SSSR count). The Morgan fingerprint density at radius 3 is 2.92 bits per heavy atom. The third kappa shape index (κ3) is 2.94. The Morgan fingerprint density at radius 2 is 2.19 bits per heavy atom. The lowest BCUT2D eigenvalue weighted by Gasteiger charge is -2.24. The molecule has 1 amide bonds. The van der Waals surface area contributed by atoms with Gasteiger partial charge in [0, 0.05) is 30.3 Å². The van der Waals surface area contributed by atoms with Crippen molar-refractivity contribution in [1.82, 2.24) is 14.8 Å². The zero-order valence-corrected chi connectivity index (χ0v) is 14.8. The number of rotatable bonds is 4. The van der Waals surface area contributed by atoms with E-state index >= 15 is 0 Å². The van der Waals surface area contributed by atoms with Crippen molar-refractivity contribution in [3.05, 3.63) is 71.2 Å². The second-order valence-corrected chi connectivity index (χ2v) is 6.50. The molecule has 26 heavy (non-hydrogen) atoms. The van der Waals surface area contributed by atoms with Gasteiger partial charge in [-0.15, -0.1) is 0 Å². The highest BCUT2D eigenvalue weighted by molar-refractivity contribution is 5.94. The highest BCUT2D eigenvalue weighted by Gasteiger charge is 2.30. The van der Waals surface area contributed by atoms with Crippen LogP contribution in [0.3, 0.4) is 0 Å². The SMILES string of the molecule is COc1ccc(C2CC(=O)Nc3c2cnn3Cc2cccnc2)cc1C. The second kappa shape index (κ2) is 6.63. The maximum Gasteiger partial charge on any atom is 0.226 e. The number of anilines is 1. The van der Waals surface area contributed by atoms with E-state index < -0.39 is 0 Å². The minimum absolute atomic E-state index is 0.00362. The van der Waals surface area contributed by atoms with Gasteiger partial charge in [0.05, 0.1) is 19.9 Å². The van der Waals surface area contributed by atoms with Crippen molar-refractivity contribution in [3.8, 4) is 5.75 Å². The van der Waals surface area contributed by atoms with E-state index in [9.17, 15) is 4.79 Å². The molecule has 0 spiro atoms. The van der Waals surface area contributed by atoms with Gasteiger partial charge in [-0.05, 0) is 35.7 Å². The number of nitrogens with one attached hydrogen (secondary N) is 1. The molecule has 1 unspecified atom stereocenters. The maximum atomic E-state index is 12.3. The number of amides is 1. The van der Waals surface area contributed by atoms with Gasteiger partial charge in [0.1, 0.15) is 11.6 Å². The Morgan fingerprint density at radius 1 is 1.31 bits per heavy atom. The van der Waals surface area contributed by atoms with E-state index in [0.717, 1.165) is 33.8 Å². The Labute approximate surface area is 151 Å². The molecule has 132 valence electrons. The zero-order valence-electron chi connectivity index (χ0n) is 14.8. The molecule has 0 bridgehead atoms. The van der Waals surface area contributed by atoms with E-state index in [1.165, 1.54) is 0 Å². The molecule has 6 heteroatoms. The quantitative estimate of drug-likeness (QED) is 0.786. The number of aryl methyl sites for hydroxylation is 1. The van der Waals surface area contributed by atoms with Crippen molar-refractivity contribution < 1.29 is 9.53 Å². The van der Waals surface area contributed by atoms with E-state index in [2.05, 4.69) is 21.5 Å². The summed E-state index contributed by atoms with van der Waals surface area (Å²) in [6.07, 6.45) is 5.82. The van der Waals surface area contributed by atoms with Crippen LogP contribution in [0.4, 0.5) is 5.82 Å². The summed E-state index contributed by atoms with van der Waals surface area (Å²) in [5.74, 6) is 1.61. The summed E-state index contributed by atoms with van der Waals surface area (Å²) in [5.41, 5.74) is 4.23. The number of carbonyl (C=O) groups is 1. The summed E-state index contributed by atoms with van der Waals surface area (Å²) in [4.78, 5) is 16.5. The van der Waals surface area contributed by atoms with Crippen LogP contribution in [0.1, 0.15) is 34.6 Å². The van der Waals surface area contributed by atoms with Gasteiger partial charge in [0.25, 0.3) is 0 Å².